The summed E-state index contributed by atoms with van der Waals surface area (Å²) in [6.07, 6.45) is 1.50. The number of ether oxygens (including phenoxy) is 1. The third-order valence-corrected chi connectivity index (χ3v) is 1.62. The molecule has 0 radical (unpaired) electrons. The topological polar surface area (TPSA) is 39.4 Å². The molecule has 0 bridgehead atoms. The lowest BCUT2D eigenvalue weighted by molar-refractivity contribution is 0.0597. The number of hydrogen-bond donors (Lipinski definition) is 0. The van der Waals surface area contributed by atoms with E-state index in [1.54, 1.807) is 6.07 Å². The van der Waals surface area contributed by atoms with E-state index < -0.39 is 0 Å². The molecule has 1 aromatic heterocycles. The van der Waals surface area contributed by atoms with Gasteiger partial charge in [-0.25, -0.2) is 4.79 Å². The summed E-state index contributed by atoms with van der Waals surface area (Å²) in [6.45, 7) is 3.93. The van der Waals surface area contributed by atoms with Crippen LogP contribution in [0.2, 0.25) is 0 Å². The number of carbonyl (C=O) groups is 1. The van der Waals surface area contributed by atoms with Gasteiger partial charge in [-0.3, -0.25) is 0 Å². The second-order valence-electron chi connectivity index (χ2n) is 2.84. The van der Waals surface area contributed by atoms with Crippen molar-refractivity contribution in [2.75, 3.05) is 7.11 Å². The molecule has 0 aliphatic carbocycles. The van der Waals surface area contributed by atoms with Crippen molar-refractivity contribution in [1.82, 2.24) is 0 Å². The minimum atomic E-state index is -0.340. The minimum Gasteiger partial charge on any atom is -0.468 e. The fourth-order valence-electron chi connectivity index (χ4n) is 1.05. The SMILES string of the molecule is COC(=O)c1ccoc1C(C)C. The third kappa shape index (κ3) is 1.49. The van der Waals surface area contributed by atoms with Gasteiger partial charge in [-0.15, -0.1) is 0 Å². The summed E-state index contributed by atoms with van der Waals surface area (Å²) in [7, 11) is 1.36. The monoisotopic (exact) mass is 168 g/mol. The Kier molecular flexibility index (Phi) is 2.53. The molecule has 0 saturated heterocycles. The molecule has 3 heteroatoms. The van der Waals surface area contributed by atoms with Crippen LogP contribution in [0.5, 0.6) is 0 Å². The number of rotatable bonds is 2. The Morgan fingerprint density at radius 1 is 1.58 bits per heavy atom. The van der Waals surface area contributed by atoms with E-state index in [0.29, 0.717) is 11.3 Å². The average molecular weight is 168 g/mol. The van der Waals surface area contributed by atoms with Gasteiger partial charge in [0.1, 0.15) is 11.3 Å². The molecule has 0 aromatic carbocycles. The first-order chi connectivity index (χ1) is 5.66. The van der Waals surface area contributed by atoms with Crippen molar-refractivity contribution in [2.24, 2.45) is 0 Å². The minimum absolute atomic E-state index is 0.203. The van der Waals surface area contributed by atoms with Gasteiger partial charge in [-0.1, -0.05) is 13.8 Å². The van der Waals surface area contributed by atoms with Gasteiger partial charge in [0.2, 0.25) is 0 Å². The highest BCUT2D eigenvalue weighted by Gasteiger charge is 2.16. The van der Waals surface area contributed by atoms with E-state index in [1.807, 2.05) is 13.8 Å². The first-order valence-electron chi connectivity index (χ1n) is 3.82. The summed E-state index contributed by atoms with van der Waals surface area (Å²) in [5.41, 5.74) is 0.521. The maximum atomic E-state index is 11.1. The van der Waals surface area contributed by atoms with E-state index in [-0.39, 0.29) is 11.9 Å². The Morgan fingerprint density at radius 3 is 2.75 bits per heavy atom. The van der Waals surface area contributed by atoms with Gasteiger partial charge in [-0.05, 0) is 6.07 Å². The quantitative estimate of drug-likeness (QED) is 0.635. The average Bonchev–Trinajstić information content (AvgIpc) is 2.50. The summed E-state index contributed by atoms with van der Waals surface area (Å²) in [4.78, 5) is 11.1. The first-order valence-corrected chi connectivity index (χ1v) is 3.82. The molecule has 1 rings (SSSR count). The first kappa shape index (κ1) is 8.84. The highest BCUT2D eigenvalue weighted by Crippen LogP contribution is 2.20. The molecule has 0 aliphatic rings. The fourth-order valence-corrected chi connectivity index (χ4v) is 1.05. The van der Waals surface area contributed by atoms with Gasteiger partial charge < -0.3 is 9.15 Å². The number of furan rings is 1. The van der Waals surface area contributed by atoms with Crippen LogP contribution >= 0.6 is 0 Å². The summed E-state index contributed by atoms with van der Waals surface area (Å²) in [6, 6.07) is 1.63. The van der Waals surface area contributed by atoms with Gasteiger partial charge in [0, 0.05) is 5.92 Å². The lowest BCUT2D eigenvalue weighted by Gasteiger charge is -2.02. The Balaban J connectivity index is 2.99. The zero-order valence-electron chi connectivity index (χ0n) is 7.46. The Hall–Kier alpha value is -1.25. The number of carbonyl (C=O) groups excluding carboxylic acids is 1. The van der Waals surface area contributed by atoms with Crippen LogP contribution in [0, 0.1) is 0 Å². The number of esters is 1. The molecule has 0 saturated carbocycles. The second kappa shape index (κ2) is 3.43. The van der Waals surface area contributed by atoms with Gasteiger partial charge in [0.05, 0.1) is 13.4 Å². The van der Waals surface area contributed by atoms with Gasteiger partial charge >= 0.3 is 5.97 Å². The molecule has 3 nitrogen and oxygen atoms in total. The summed E-state index contributed by atoms with van der Waals surface area (Å²) < 4.78 is 9.73. The Bertz CT molecular complexity index is 273. The van der Waals surface area contributed by atoms with E-state index in [0.717, 1.165) is 0 Å². The molecule has 66 valence electrons. The van der Waals surface area contributed by atoms with Crippen molar-refractivity contribution < 1.29 is 13.9 Å². The smallest absolute Gasteiger partial charge is 0.341 e. The van der Waals surface area contributed by atoms with Crippen LogP contribution in [0.25, 0.3) is 0 Å². The van der Waals surface area contributed by atoms with Crippen LogP contribution in [0.3, 0.4) is 0 Å². The van der Waals surface area contributed by atoms with Crippen LogP contribution in [-0.4, -0.2) is 13.1 Å². The molecule has 0 amide bonds. The molecule has 0 atom stereocenters. The second-order valence-corrected chi connectivity index (χ2v) is 2.84. The van der Waals surface area contributed by atoms with Gasteiger partial charge in [0.15, 0.2) is 0 Å². The maximum Gasteiger partial charge on any atom is 0.341 e. The van der Waals surface area contributed by atoms with E-state index >= 15 is 0 Å². The molecule has 12 heavy (non-hydrogen) atoms. The van der Waals surface area contributed by atoms with Crippen molar-refractivity contribution in [1.29, 1.82) is 0 Å². The zero-order chi connectivity index (χ0) is 9.14. The predicted molar refractivity (Wildman–Crippen MR) is 44.1 cm³/mol. The third-order valence-electron chi connectivity index (χ3n) is 1.62. The summed E-state index contributed by atoms with van der Waals surface area (Å²) >= 11 is 0. The lowest BCUT2D eigenvalue weighted by atomic mass is 10.1. The molecule has 0 N–H and O–H groups in total. The van der Waals surface area contributed by atoms with Crippen LogP contribution in [0.1, 0.15) is 35.9 Å². The van der Waals surface area contributed by atoms with Crippen molar-refractivity contribution in [3.05, 3.63) is 23.7 Å². The molecule has 0 spiro atoms. The van der Waals surface area contributed by atoms with Crippen LogP contribution < -0.4 is 0 Å². The number of hydrogen-bond acceptors (Lipinski definition) is 3. The standard InChI is InChI=1S/C9H12O3/c1-6(2)8-7(4-5-12-8)9(10)11-3/h4-6H,1-3H3. The van der Waals surface area contributed by atoms with Crippen molar-refractivity contribution in [3.63, 3.8) is 0 Å². The maximum absolute atomic E-state index is 11.1. The molecule has 0 aliphatic heterocycles. The molecule has 1 aromatic rings. The predicted octanol–water partition coefficient (Wildman–Crippen LogP) is 2.19. The van der Waals surface area contributed by atoms with Gasteiger partial charge in [0.25, 0.3) is 0 Å². The molecular weight excluding hydrogens is 156 g/mol. The largest absolute Gasteiger partial charge is 0.468 e. The number of methoxy groups -OCH3 is 1. The van der Waals surface area contributed by atoms with Crippen LogP contribution in [-0.2, 0) is 4.74 Å². The summed E-state index contributed by atoms with van der Waals surface area (Å²) in [5.74, 6) is 0.545. The fraction of sp³-hybridized carbons (Fsp3) is 0.444. The Labute approximate surface area is 71.3 Å². The molecular formula is C9H12O3. The van der Waals surface area contributed by atoms with E-state index in [4.69, 9.17) is 4.42 Å². The molecule has 1 heterocycles. The van der Waals surface area contributed by atoms with E-state index in [1.165, 1.54) is 13.4 Å². The van der Waals surface area contributed by atoms with Gasteiger partial charge in [-0.2, -0.15) is 0 Å². The van der Waals surface area contributed by atoms with Crippen LogP contribution in [0.15, 0.2) is 16.7 Å². The van der Waals surface area contributed by atoms with Crippen molar-refractivity contribution >= 4 is 5.97 Å². The highest BCUT2D eigenvalue weighted by atomic mass is 16.5. The highest BCUT2D eigenvalue weighted by molar-refractivity contribution is 5.90. The van der Waals surface area contributed by atoms with E-state index in [9.17, 15) is 4.79 Å². The van der Waals surface area contributed by atoms with Crippen molar-refractivity contribution in [2.45, 2.75) is 19.8 Å². The van der Waals surface area contributed by atoms with E-state index in [2.05, 4.69) is 4.74 Å². The zero-order valence-corrected chi connectivity index (χ0v) is 7.46. The Morgan fingerprint density at radius 2 is 2.25 bits per heavy atom. The summed E-state index contributed by atoms with van der Waals surface area (Å²) in [5, 5.41) is 0. The lowest BCUT2D eigenvalue weighted by Crippen LogP contribution is -2.03. The van der Waals surface area contributed by atoms with Crippen molar-refractivity contribution in [3.8, 4) is 0 Å². The molecule has 0 unspecified atom stereocenters. The molecule has 0 fully saturated rings. The van der Waals surface area contributed by atoms with Crippen LogP contribution in [0.4, 0.5) is 0 Å². The normalized spacial score (nSPS) is 10.3.